The Morgan fingerprint density at radius 1 is 1.05 bits per heavy atom. The highest BCUT2D eigenvalue weighted by atomic mass is 19.1. The van der Waals surface area contributed by atoms with Crippen LogP contribution in [-0.4, -0.2) is 68.8 Å². The monoisotopic (exact) mass is 563 g/mol. The minimum Gasteiger partial charge on any atom is -0.387 e. The Labute approximate surface area is 237 Å². The van der Waals surface area contributed by atoms with Crippen LogP contribution in [0.15, 0.2) is 65.7 Å². The largest absolute Gasteiger partial charge is 0.387 e. The molecule has 6 rings (SSSR count). The first-order valence-corrected chi connectivity index (χ1v) is 14.3. The average Bonchev–Trinajstić information content (AvgIpc) is 3.46. The molecule has 1 spiro atoms. The first-order valence-electron chi connectivity index (χ1n) is 14.3. The van der Waals surface area contributed by atoms with Crippen LogP contribution < -0.4 is 10.9 Å². The molecule has 2 aromatic carbocycles. The molecule has 1 saturated carbocycles. The fraction of sp³-hybridized carbons (Fsp3) is 0.452. The maximum Gasteiger partial charge on any atom is 0.320 e. The van der Waals surface area contributed by atoms with Crippen molar-refractivity contribution in [1.82, 2.24) is 24.7 Å². The van der Waals surface area contributed by atoms with Crippen molar-refractivity contribution in [2.24, 2.45) is 5.41 Å². The van der Waals surface area contributed by atoms with Gasteiger partial charge in [0.1, 0.15) is 11.6 Å². The Kier molecular flexibility index (Phi) is 7.37. The van der Waals surface area contributed by atoms with Crippen molar-refractivity contribution in [3.05, 3.63) is 88.5 Å². The number of piperidine rings is 1. The summed E-state index contributed by atoms with van der Waals surface area (Å²) in [5, 5.41) is 15.5. The van der Waals surface area contributed by atoms with Gasteiger partial charge in [-0.3, -0.25) is 9.36 Å². The number of piperazine rings is 1. The number of carbonyl (C=O) groups excluding carboxylic acids is 1. The van der Waals surface area contributed by atoms with Gasteiger partial charge in [-0.1, -0.05) is 37.1 Å². The van der Waals surface area contributed by atoms with Gasteiger partial charge in [0.15, 0.2) is 0 Å². The van der Waals surface area contributed by atoms with Crippen LogP contribution in [-0.2, 0) is 6.54 Å². The minimum absolute atomic E-state index is 0.0535. The van der Waals surface area contributed by atoms with E-state index < -0.39 is 16.8 Å². The second-order valence-corrected chi connectivity index (χ2v) is 11.7. The molecule has 2 aliphatic heterocycles. The van der Waals surface area contributed by atoms with Gasteiger partial charge in [0, 0.05) is 49.8 Å². The van der Waals surface area contributed by atoms with Gasteiger partial charge in [0.25, 0.3) is 5.56 Å². The first kappa shape index (κ1) is 27.5. The maximum atomic E-state index is 14.3. The summed E-state index contributed by atoms with van der Waals surface area (Å²) < 4.78 is 29.7. The van der Waals surface area contributed by atoms with E-state index in [0.29, 0.717) is 39.1 Å². The molecule has 3 heterocycles. The second kappa shape index (κ2) is 11.0. The molecular weight excluding hydrogens is 528 g/mol. The van der Waals surface area contributed by atoms with Crippen molar-refractivity contribution in [3.8, 4) is 11.3 Å². The van der Waals surface area contributed by atoms with Gasteiger partial charge in [0.05, 0.1) is 30.2 Å². The van der Waals surface area contributed by atoms with Crippen LogP contribution in [0.4, 0.5) is 13.6 Å². The molecule has 2 amide bonds. The SMILES string of the molecule is O=C(N1CC[C@@](O)(Cn2cnc(-c3ccccc3F)cc2=O)C2(CCCC2)C1)N1CCNC[C@H]1c1cccc(F)c1. The van der Waals surface area contributed by atoms with E-state index >= 15 is 0 Å². The molecule has 0 radical (unpaired) electrons. The Balaban J connectivity index is 1.23. The molecule has 41 heavy (non-hydrogen) atoms. The zero-order valence-corrected chi connectivity index (χ0v) is 22.9. The summed E-state index contributed by atoms with van der Waals surface area (Å²) in [6.07, 6.45) is 5.06. The van der Waals surface area contributed by atoms with Gasteiger partial charge in [0.2, 0.25) is 0 Å². The summed E-state index contributed by atoms with van der Waals surface area (Å²) in [6, 6.07) is 13.5. The van der Waals surface area contributed by atoms with E-state index in [1.807, 2.05) is 15.9 Å². The predicted molar refractivity (Wildman–Crippen MR) is 150 cm³/mol. The molecule has 216 valence electrons. The third kappa shape index (κ3) is 5.15. The molecule has 10 heteroatoms. The summed E-state index contributed by atoms with van der Waals surface area (Å²) in [5.41, 5.74) is -0.892. The number of hydrogen-bond donors (Lipinski definition) is 2. The molecule has 2 N–H and O–H groups in total. The summed E-state index contributed by atoms with van der Waals surface area (Å²) >= 11 is 0. The van der Waals surface area contributed by atoms with Crippen LogP contribution in [0.1, 0.15) is 43.7 Å². The van der Waals surface area contributed by atoms with Crippen molar-refractivity contribution in [3.63, 3.8) is 0 Å². The predicted octanol–water partition coefficient (Wildman–Crippen LogP) is 3.95. The van der Waals surface area contributed by atoms with Gasteiger partial charge in [-0.2, -0.15) is 0 Å². The minimum atomic E-state index is -1.21. The molecule has 0 unspecified atom stereocenters. The van der Waals surface area contributed by atoms with Crippen molar-refractivity contribution in [2.75, 3.05) is 32.7 Å². The van der Waals surface area contributed by atoms with E-state index in [4.69, 9.17) is 0 Å². The number of nitrogens with one attached hydrogen (secondary N) is 1. The second-order valence-electron chi connectivity index (χ2n) is 11.7. The summed E-state index contributed by atoms with van der Waals surface area (Å²) in [6.45, 7) is 2.47. The lowest BCUT2D eigenvalue weighted by Crippen LogP contribution is -2.64. The van der Waals surface area contributed by atoms with Crippen molar-refractivity contribution >= 4 is 6.03 Å². The third-order valence-electron chi connectivity index (χ3n) is 9.29. The van der Waals surface area contributed by atoms with Crippen molar-refractivity contribution in [2.45, 2.75) is 50.3 Å². The molecule has 2 saturated heterocycles. The number of halogens is 2. The highest BCUT2D eigenvalue weighted by Crippen LogP contribution is 2.51. The van der Waals surface area contributed by atoms with Gasteiger partial charge < -0.3 is 20.2 Å². The van der Waals surface area contributed by atoms with E-state index in [1.165, 1.54) is 35.2 Å². The van der Waals surface area contributed by atoms with Gasteiger partial charge in [-0.25, -0.2) is 18.6 Å². The number of carbonyl (C=O) groups is 1. The van der Waals surface area contributed by atoms with E-state index in [1.54, 1.807) is 24.3 Å². The molecular formula is C31H35F2N5O3. The van der Waals surface area contributed by atoms with Crippen molar-refractivity contribution < 1.29 is 18.7 Å². The lowest BCUT2D eigenvalue weighted by molar-refractivity contribution is -0.137. The maximum absolute atomic E-state index is 14.3. The van der Waals surface area contributed by atoms with Crippen LogP contribution in [0.2, 0.25) is 0 Å². The van der Waals surface area contributed by atoms with Crippen LogP contribution in [0.5, 0.6) is 0 Å². The molecule has 3 aromatic rings. The molecule has 1 aliphatic carbocycles. The fourth-order valence-corrected chi connectivity index (χ4v) is 7.03. The fourth-order valence-electron chi connectivity index (χ4n) is 7.03. The van der Waals surface area contributed by atoms with Crippen molar-refractivity contribution in [1.29, 1.82) is 0 Å². The molecule has 8 nitrogen and oxygen atoms in total. The number of likely N-dealkylation sites (tertiary alicyclic amines) is 1. The zero-order valence-electron chi connectivity index (χ0n) is 22.9. The molecule has 0 bridgehead atoms. The summed E-state index contributed by atoms with van der Waals surface area (Å²) in [7, 11) is 0. The Morgan fingerprint density at radius 3 is 2.61 bits per heavy atom. The number of rotatable bonds is 4. The quantitative estimate of drug-likeness (QED) is 0.502. The number of amides is 2. The number of urea groups is 1. The lowest BCUT2D eigenvalue weighted by Gasteiger charge is -2.53. The summed E-state index contributed by atoms with van der Waals surface area (Å²) in [5.74, 6) is -0.790. The van der Waals surface area contributed by atoms with Gasteiger partial charge >= 0.3 is 6.03 Å². The number of hydrogen-bond acceptors (Lipinski definition) is 5. The summed E-state index contributed by atoms with van der Waals surface area (Å²) in [4.78, 5) is 35.0. The van der Waals surface area contributed by atoms with Gasteiger partial charge in [-0.15, -0.1) is 0 Å². The highest BCUT2D eigenvalue weighted by Gasteiger charge is 2.56. The van der Waals surface area contributed by atoms with Crippen LogP contribution >= 0.6 is 0 Å². The lowest BCUT2D eigenvalue weighted by atomic mass is 9.66. The average molecular weight is 564 g/mol. The van der Waals surface area contributed by atoms with E-state index in [0.717, 1.165) is 31.2 Å². The standard InChI is InChI=1S/C31H35F2N5O3/c32-23-7-5-6-22(16-23)27-18-34-13-15-38(27)29(40)36-14-12-31(41,30(19-36)10-3-4-11-30)20-37-21-35-26(17-28(37)39)24-8-1-2-9-25(24)33/h1-2,5-9,16-17,21,27,34,41H,3-4,10-15,18-20H2/t27-,31+/m0/s1. The number of aromatic nitrogens is 2. The highest BCUT2D eigenvalue weighted by molar-refractivity contribution is 5.75. The molecule has 1 aromatic heterocycles. The number of aliphatic hydroxyl groups is 1. The Hall–Kier alpha value is -3.63. The normalized spacial score (nSPS) is 24.1. The van der Waals surface area contributed by atoms with Crippen LogP contribution in [0.25, 0.3) is 11.3 Å². The van der Waals surface area contributed by atoms with E-state index in [9.17, 15) is 23.5 Å². The Morgan fingerprint density at radius 2 is 1.85 bits per heavy atom. The smallest absolute Gasteiger partial charge is 0.320 e. The first-order chi connectivity index (χ1) is 19.8. The molecule has 2 atom stereocenters. The Bertz CT molecular complexity index is 1490. The molecule has 3 aliphatic rings. The van der Waals surface area contributed by atoms with Crippen LogP contribution in [0, 0.1) is 17.0 Å². The van der Waals surface area contributed by atoms with E-state index in [2.05, 4.69) is 10.3 Å². The van der Waals surface area contributed by atoms with Gasteiger partial charge in [-0.05, 0) is 49.1 Å². The molecule has 3 fully saturated rings. The number of benzene rings is 2. The topological polar surface area (TPSA) is 90.7 Å². The third-order valence-corrected chi connectivity index (χ3v) is 9.29. The number of nitrogens with zero attached hydrogens (tertiary/aromatic N) is 4. The van der Waals surface area contributed by atoms with E-state index in [-0.39, 0.29) is 41.3 Å². The van der Waals surface area contributed by atoms with Crippen LogP contribution in [0.3, 0.4) is 0 Å². The zero-order chi connectivity index (χ0) is 28.6.